The number of hydrogen-bond acceptors (Lipinski definition) is 4. The first kappa shape index (κ1) is 21.7. The quantitative estimate of drug-likeness (QED) is 0.603. The predicted molar refractivity (Wildman–Crippen MR) is 122 cm³/mol. The van der Waals surface area contributed by atoms with Gasteiger partial charge >= 0.3 is 6.09 Å². The molecule has 1 saturated heterocycles. The summed E-state index contributed by atoms with van der Waals surface area (Å²) in [6.07, 6.45) is 7.82. The van der Waals surface area contributed by atoms with Crippen LogP contribution in [0.3, 0.4) is 0 Å². The first-order valence-corrected chi connectivity index (χ1v) is 11.7. The van der Waals surface area contributed by atoms with Crippen molar-refractivity contribution in [2.45, 2.75) is 45.1 Å². The number of hydrogen-bond donors (Lipinski definition) is 0. The molecule has 2 aromatic carbocycles. The molecule has 1 heterocycles. The summed E-state index contributed by atoms with van der Waals surface area (Å²) in [5.74, 6) is 2.41. The molecule has 0 unspecified atom stereocenters. The van der Waals surface area contributed by atoms with Gasteiger partial charge in [-0.25, -0.2) is 4.79 Å². The Morgan fingerprint density at radius 1 is 0.871 bits per heavy atom. The predicted octanol–water partition coefficient (Wildman–Crippen LogP) is 5.35. The van der Waals surface area contributed by atoms with Crippen LogP contribution >= 0.6 is 0 Å². The van der Waals surface area contributed by atoms with Crippen LogP contribution in [-0.4, -0.2) is 48.7 Å². The van der Waals surface area contributed by atoms with Crippen molar-refractivity contribution in [2.24, 2.45) is 5.92 Å². The van der Waals surface area contributed by atoms with Crippen LogP contribution in [0.4, 0.5) is 4.79 Å². The van der Waals surface area contributed by atoms with Gasteiger partial charge in [-0.3, -0.25) is 4.90 Å². The molecule has 2 aromatic rings. The van der Waals surface area contributed by atoms with Crippen molar-refractivity contribution in [1.29, 1.82) is 0 Å². The highest BCUT2D eigenvalue weighted by molar-refractivity contribution is 5.70. The largest absolute Gasteiger partial charge is 0.494 e. The Morgan fingerprint density at radius 2 is 1.61 bits per heavy atom. The van der Waals surface area contributed by atoms with Gasteiger partial charge in [0.15, 0.2) is 0 Å². The molecule has 0 spiro atoms. The molecule has 0 bridgehead atoms. The Labute approximate surface area is 185 Å². The van der Waals surface area contributed by atoms with Gasteiger partial charge in [0.25, 0.3) is 0 Å². The van der Waals surface area contributed by atoms with Gasteiger partial charge in [0, 0.05) is 32.7 Å². The minimum Gasteiger partial charge on any atom is -0.494 e. The van der Waals surface area contributed by atoms with Crippen LogP contribution in [-0.2, 0) is 6.54 Å². The third-order valence-corrected chi connectivity index (χ3v) is 6.40. The van der Waals surface area contributed by atoms with Gasteiger partial charge in [0.05, 0.1) is 6.61 Å². The molecule has 5 heteroatoms. The SMILES string of the molecule is O=C(Oc1ccccc1)N1CCN(Cc2cccc(OCCC3CCCCC3)c2)CC1. The van der Waals surface area contributed by atoms with Crippen LogP contribution in [0.5, 0.6) is 11.5 Å². The Morgan fingerprint density at radius 3 is 2.39 bits per heavy atom. The molecule has 166 valence electrons. The zero-order valence-corrected chi connectivity index (χ0v) is 18.4. The third kappa shape index (κ3) is 6.73. The number of piperazine rings is 1. The van der Waals surface area contributed by atoms with E-state index in [2.05, 4.69) is 29.2 Å². The van der Waals surface area contributed by atoms with Crippen molar-refractivity contribution >= 4 is 6.09 Å². The van der Waals surface area contributed by atoms with Gasteiger partial charge in [0.2, 0.25) is 0 Å². The van der Waals surface area contributed by atoms with Gasteiger partial charge in [-0.2, -0.15) is 0 Å². The Balaban J connectivity index is 1.19. The maximum Gasteiger partial charge on any atom is 0.415 e. The van der Waals surface area contributed by atoms with E-state index >= 15 is 0 Å². The smallest absolute Gasteiger partial charge is 0.415 e. The Kier molecular flexibility index (Phi) is 7.83. The lowest BCUT2D eigenvalue weighted by molar-refractivity contribution is 0.108. The average molecular weight is 423 g/mol. The van der Waals surface area contributed by atoms with Gasteiger partial charge in [-0.05, 0) is 42.2 Å². The van der Waals surface area contributed by atoms with E-state index in [-0.39, 0.29) is 6.09 Å². The molecule has 0 radical (unpaired) electrons. The van der Waals surface area contributed by atoms with Crippen molar-refractivity contribution in [3.05, 3.63) is 60.2 Å². The van der Waals surface area contributed by atoms with E-state index in [1.807, 2.05) is 18.2 Å². The summed E-state index contributed by atoms with van der Waals surface area (Å²) in [4.78, 5) is 16.5. The second-order valence-corrected chi connectivity index (χ2v) is 8.73. The fraction of sp³-hybridized carbons (Fsp3) is 0.500. The number of carbonyl (C=O) groups is 1. The summed E-state index contributed by atoms with van der Waals surface area (Å²) in [7, 11) is 0. The van der Waals surface area contributed by atoms with Crippen LogP contribution in [0.15, 0.2) is 54.6 Å². The second-order valence-electron chi connectivity index (χ2n) is 8.73. The zero-order valence-electron chi connectivity index (χ0n) is 18.4. The van der Waals surface area contributed by atoms with Crippen molar-refractivity contribution in [1.82, 2.24) is 9.80 Å². The van der Waals surface area contributed by atoms with E-state index in [4.69, 9.17) is 9.47 Å². The number of ether oxygens (including phenoxy) is 2. The third-order valence-electron chi connectivity index (χ3n) is 6.40. The average Bonchev–Trinajstić information content (AvgIpc) is 2.81. The van der Waals surface area contributed by atoms with Crippen LogP contribution < -0.4 is 9.47 Å². The fourth-order valence-corrected chi connectivity index (χ4v) is 4.55. The number of amides is 1. The molecule has 2 aliphatic rings. The summed E-state index contributed by atoms with van der Waals surface area (Å²) in [6, 6.07) is 17.7. The Hall–Kier alpha value is -2.53. The molecule has 0 atom stereocenters. The maximum absolute atomic E-state index is 12.4. The molecule has 1 aliphatic heterocycles. The van der Waals surface area contributed by atoms with Crippen LogP contribution in [0.1, 0.15) is 44.1 Å². The summed E-state index contributed by atoms with van der Waals surface area (Å²) < 4.78 is 11.5. The lowest BCUT2D eigenvalue weighted by Crippen LogP contribution is -2.49. The van der Waals surface area contributed by atoms with Crippen molar-refractivity contribution < 1.29 is 14.3 Å². The normalized spacial score (nSPS) is 18.0. The number of nitrogens with zero attached hydrogens (tertiary/aromatic N) is 2. The monoisotopic (exact) mass is 422 g/mol. The molecule has 2 fully saturated rings. The van der Waals surface area contributed by atoms with Crippen LogP contribution in [0.25, 0.3) is 0 Å². The summed E-state index contributed by atoms with van der Waals surface area (Å²) in [5, 5.41) is 0. The molecular weight excluding hydrogens is 388 g/mol. The van der Waals surface area contributed by atoms with Crippen molar-refractivity contribution in [2.75, 3.05) is 32.8 Å². The lowest BCUT2D eigenvalue weighted by Gasteiger charge is -2.34. The minimum atomic E-state index is -0.265. The van der Waals surface area contributed by atoms with Crippen molar-refractivity contribution in [3.8, 4) is 11.5 Å². The van der Waals surface area contributed by atoms with E-state index in [1.165, 1.54) is 44.1 Å². The first-order valence-electron chi connectivity index (χ1n) is 11.7. The van der Waals surface area contributed by atoms with Gasteiger partial charge in [-0.15, -0.1) is 0 Å². The maximum atomic E-state index is 12.4. The van der Waals surface area contributed by atoms with E-state index in [9.17, 15) is 4.79 Å². The standard InChI is InChI=1S/C26H34N2O3/c29-26(31-24-11-5-2-6-12-24)28-17-15-27(16-18-28)21-23-10-7-13-25(20-23)30-19-14-22-8-3-1-4-9-22/h2,5-7,10-13,20,22H,1,3-4,8-9,14-19,21H2. The first-order chi connectivity index (χ1) is 15.3. The minimum absolute atomic E-state index is 0.265. The summed E-state index contributed by atoms with van der Waals surface area (Å²) in [6.45, 7) is 4.75. The molecule has 0 N–H and O–H groups in total. The highest BCUT2D eigenvalue weighted by Crippen LogP contribution is 2.26. The van der Waals surface area contributed by atoms with E-state index in [0.717, 1.165) is 37.9 Å². The molecule has 0 aromatic heterocycles. The van der Waals surface area contributed by atoms with Gasteiger partial charge < -0.3 is 14.4 Å². The highest BCUT2D eigenvalue weighted by Gasteiger charge is 2.22. The molecular formula is C26H34N2O3. The fourth-order valence-electron chi connectivity index (χ4n) is 4.55. The highest BCUT2D eigenvalue weighted by atomic mass is 16.6. The molecule has 31 heavy (non-hydrogen) atoms. The number of rotatable bonds is 7. The zero-order chi connectivity index (χ0) is 21.3. The molecule has 5 nitrogen and oxygen atoms in total. The van der Waals surface area contributed by atoms with E-state index in [1.54, 1.807) is 17.0 Å². The lowest BCUT2D eigenvalue weighted by atomic mass is 9.87. The second kappa shape index (κ2) is 11.2. The molecule has 1 saturated carbocycles. The number of para-hydroxylation sites is 1. The van der Waals surface area contributed by atoms with Gasteiger partial charge in [0.1, 0.15) is 11.5 Å². The Bertz CT molecular complexity index is 812. The van der Waals surface area contributed by atoms with E-state index < -0.39 is 0 Å². The van der Waals surface area contributed by atoms with E-state index in [0.29, 0.717) is 18.8 Å². The van der Waals surface area contributed by atoms with Gasteiger partial charge in [-0.1, -0.05) is 62.4 Å². The molecule has 4 rings (SSSR count). The number of carbonyl (C=O) groups excluding carboxylic acids is 1. The summed E-state index contributed by atoms with van der Waals surface area (Å²) in [5.41, 5.74) is 1.26. The van der Waals surface area contributed by atoms with Crippen molar-refractivity contribution in [3.63, 3.8) is 0 Å². The topological polar surface area (TPSA) is 42.0 Å². The van der Waals surface area contributed by atoms with Crippen LogP contribution in [0, 0.1) is 5.92 Å². The summed E-state index contributed by atoms with van der Waals surface area (Å²) >= 11 is 0. The molecule has 1 aliphatic carbocycles. The molecule has 1 amide bonds. The number of benzene rings is 2. The van der Waals surface area contributed by atoms with Crippen LogP contribution in [0.2, 0.25) is 0 Å².